The standard InChI is InChI=1S/C8H13NO2S/c1-6(2)8(10)11-9-5-3-4-7(9)12/h6H,3-5H2,1-2H3. The minimum Gasteiger partial charge on any atom is -0.340 e. The van der Waals surface area contributed by atoms with E-state index in [1.54, 1.807) is 13.8 Å². The highest BCUT2D eigenvalue weighted by molar-refractivity contribution is 7.80. The molecule has 0 atom stereocenters. The maximum Gasteiger partial charge on any atom is 0.334 e. The van der Waals surface area contributed by atoms with Crippen molar-refractivity contribution in [3.63, 3.8) is 0 Å². The normalized spacial score (nSPS) is 17.2. The minimum absolute atomic E-state index is 0.0894. The van der Waals surface area contributed by atoms with Crippen molar-refractivity contribution in [3.05, 3.63) is 0 Å². The van der Waals surface area contributed by atoms with Gasteiger partial charge in [0.25, 0.3) is 0 Å². The summed E-state index contributed by atoms with van der Waals surface area (Å²) < 4.78 is 0. The third-order valence-electron chi connectivity index (χ3n) is 1.70. The van der Waals surface area contributed by atoms with Crippen LogP contribution < -0.4 is 0 Å². The van der Waals surface area contributed by atoms with Crippen molar-refractivity contribution in [3.8, 4) is 0 Å². The van der Waals surface area contributed by atoms with E-state index in [2.05, 4.69) is 0 Å². The van der Waals surface area contributed by atoms with Gasteiger partial charge in [-0.3, -0.25) is 0 Å². The average molecular weight is 187 g/mol. The Morgan fingerprint density at radius 1 is 1.67 bits per heavy atom. The number of rotatable bonds is 2. The molecule has 0 spiro atoms. The van der Waals surface area contributed by atoms with E-state index in [0.29, 0.717) is 0 Å². The molecular formula is C8H13NO2S. The summed E-state index contributed by atoms with van der Waals surface area (Å²) in [4.78, 5) is 16.9. The summed E-state index contributed by atoms with van der Waals surface area (Å²) in [7, 11) is 0. The zero-order valence-corrected chi connectivity index (χ0v) is 8.19. The smallest absolute Gasteiger partial charge is 0.334 e. The summed E-state index contributed by atoms with van der Waals surface area (Å²) in [5, 5.41) is 1.53. The Bertz CT molecular complexity index is 203. The van der Waals surface area contributed by atoms with Crippen molar-refractivity contribution < 1.29 is 9.63 Å². The number of nitrogens with zero attached hydrogens (tertiary/aromatic N) is 1. The van der Waals surface area contributed by atoms with Crippen molar-refractivity contribution in [2.24, 2.45) is 5.92 Å². The molecule has 1 aliphatic heterocycles. The predicted molar refractivity (Wildman–Crippen MR) is 49.5 cm³/mol. The third-order valence-corrected chi connectivity index (χ3v) is 2.11. The lowest BCUT2D eigenvalue weighted by Crippen LogP contribution is -2.29. The van der Waals surface area contributed by atoms with Crippen LogP contribution >= 0.6 is 12.2 Å². The first kappa shape index (κ1) is 9.45. The van der Waals surface area contributed by atoms with Crippen molar-refractivity contribution in [1.82, 2.24) is 5.06 Å². The van der Waals surface area contributed by atoms with Gasteiger partial charge < -0.3 is 4.84 Å². The molecule has 68 valence electrons. The van der Waals surface area contributed by atoms with Crippen LogP contribution in [-0.4, -0.2) is 22.6 Å². The molecule has 0 radical (unpaired) electrons. The fourth-order valence-electron chi connectivity index (χ4n) is 0.934. The van der Waals surface area contributed by atoms with Gasteiger partial charge in [0.15, 0.2) is 0 Å². The molecule has 0 amide bonds. The second kappa shape index (κ2) is 3.85. The lowest BCUT2D eigenvalue weighted by molar-refractivity contribution is -0.174. The Balaban J connectivity index is 2.40. The Kier molecular flexibility index (Phi) is 3.03. The number of hydroxylamine groups is 2. The second-order valence-electron chi connectivity index (χ2n) is 3.16. The zero-order chi connectivity index (χ0) is 9.14. The van der Waals surface area contributed by atoms with Crippen LogP contribution in [0.25, 0.3) is 0 Å². The molecular weight excluding hydrogens is 174 g/mol. The minimum atomic E-state index is -0.209. The Labute approximate surface area is 77.6 Å². The Morgan fingerprint density at radius 2 is 2.33 bits per heavy atom. The van der Waals surface area contributed by atoms with Crippen LogP contribution in [0.5, 0.6) is 0 Å². The third kappa shape index (κ3) is 2.17. The molecule has 12 heavy (non-hydrogen) atoms. The first-order valence-electron chi connectivity index (χ1n) is 4.13. The molecule has 1 heterocycles. The molecule has 0 N–H and O–H groups in total. The first-order valence-corrected chi connectivity index (χ1v) is 4.54. The molecule has 0 unspecified atom stereocenters. The monoisotopic (exact) mass is 187 g/mol. The van der Waals surface area contributed by atoms with Gasteiger partial charge in [0, 0.05) is 6.42 Å². The average Bonchev–Trinajstić information content (AvgIpc) is 2.36. The van der Waals surface area contributed by atoms with Crippen LogP contribution in [0.1, 0.15) is 26.7 Å². The largest absolute Gasteiger partial charge is 0.340 e. The molecule has 0 aliphatic carbocycles. The van der Waals surface area contributed by atoms with E-state index in [4.69, 9.17) is 17.1 Å². The zero-order valence-electron chi connectivity index (χ0n) is 7.37. The fourth-order valence-corrected chi connectivity index (χ4v) is 1.21. The van der Waals surface area contributed by atoms with Gasteiger partial charge in [0.05, 0.1) is 12.5 Å². The van der Waals surface area contributed by atoms with Gasteiger partial charge >= 0.3 is 5.97 Å². The van der Waals surface area contributed by atoms with E-state index in [9.17, 15) is 4.79 Å². The maximum atomic E-state index is 11.1. The molecule has 0 aromatic carbocycles. The van der Waals surface area contributed by atoms with E-state index < -0.39 is 0 Å². The summed E-state index contributed by atoms with van der Waals surface area (Å²) in [5.74, 6) is -0.298. The number of hydrogen-bond acceptors (Lipinski definition) is 3. The number of hydrogen-bond donors (Lipinski definition) is 0. The number of carbonyl (C=O) groups is 1. The predicted octanol–water partition coefficient (Wildman–Crippen LogP) is 1.52. The molecule has 0 aromatic rings. The molecule has 0 saturated carbocycles. The molecule has 1 fully saturated rings. The van der Waals surface area contributed by atoms with E-state index in [1.165, 1.54) is 5.06 Å². The first-order chi connectivity index (χ1) is 5.61. The molecule has 0 aromatic heterocycles. The lowest BCUT2D eigenvalue weighted by Gasteiger charge is -2.17. The molecule has 0 bridgehead atoms. The topological polar surface area (TPSA) is 29.5 Å². The highest BCUT2D eigenvalue weighted by Gasteiger charge is 2.21. The Morgan fingerprint density at radius 3 is 2.75 bits per heavy atom. The van der Waals surface area contributed by atoms with Gasteiger partial charge in [-0.15, -0.1) is 0 Å². The van der Waals surface area contributed by atoms with Crippen LogP contribution in [0.4, 0.5) is 0 Å². The van der Waals surface area contributed by atoms with Crippen LogP contribution in [0, 0.1) is 5.92 Å². The summed E-state index contributed by atoms with van der Waals surface area (Å²) in [5.41, 5.74) is 0. The van der Waals surface area contributed by atoms with Gasteiger partial charge in [0.1, 0.15) is 4.99 Å². The molecule has 1 rings (SSSR count). The number of thiocarbonyl (C=S) groups is 1. The summed E-state index contributed by atoms with van der Waals surface area (Å²) in [6, 6.07) is 0. The molecule has 4 heteroatoms. The maximum absolute atomic E-state index is 11.1. The van der Waals surface area contributed by atoms with E-state index in [1.807, 2.05) is 0 Å². The van der Waals surface area contributed by atoms with Gasteiger partial charge in [-0.05, 0) is 6.42 Å². The van der Waals surface area contributed by atoms with Crippen molar-refractivity contribution in [1.29, 1.82) is 0 Å². The Hall–Kier alpha value is -0.640. The van der Waals surface area contributed by atoms with Crippen molar-refractivity contribution in [2.45, 2.75) is 26.7 Å². The van der Waals surface area contributed by atoms with E-state index in [-0.39, 0.29) is 11.9 Å². The SMILES string of the molecule is CC(C)C(=O)ON1CCCC1=S. The highest BCUT2D eigenvalue weighted by atomic mass is 32.1. The molecule has 3 nitrogen and oxygen atoms in total. The number of carbonyl (C=O) groups excluding carboxylic acids is 1. The van der Waals surface area contributed by atoms with E-state index >= 15 is 0 Å². The van der Waals surface area contributed by atoms with Gasteiger partial charge in [-0.25, -0.2) is 4.79 Å². The van der Waals surface area contributed by atoms with Crippen LogP contribution in [-0.2, 0) is 9.63 Å². The van der Waals surface area contributed by atoms with Gasteiger partial charge in [0.2, 0.25) is 0 Å². The van der Waals surface area contributed by atoms with Gasteiger partial charge in [-0.2, -0.15) is 5.06 Å². The fraction of sp³-hybridized carbons (Fsp3) is 0.750. The van der Waals surface area contributed by atoms with Crippen molar-refractivity contribution >= 4 is 23.2 Å². The summed E-state index contributed by atoms with van der Waals surface area (Å²) >= 11 is 4.99. The second-order valence-corrected chi connectivity index (χ2v) is 3.64. The molecule has 1 saturated heterocycles. The highest BCUT2D eigenvalue weighted by Crippen LogP contribution is 2.13. The van der Waals surface area contributed by atoms with Crippen molar-refractivity contribution in [2.75, 3.05) is 6.54 Å². The van der Waals surface area contributed by atoms with Crippen LogP contribution in [0.15, 0.2) is 0 Å². The lowest BCUT2D eigenvalue weighted by atomic mass is 10.2. The summed E-state index contributed by atoms with van der Waals surface area (Å²) in [6.07, 6.45) is 1.85. The van der Waals surface area contributed by atoms with Crippen LogP contribution in [0.3, 0.4) is 0 Å². The summed E-state index contributed by atoms with van der Waals surface area (Å²) in [6.45, 7) is 4.36. The van der Waals surface area contributed by atoms with Gasteiger partial charge in [-0.1, -0.05) is 26.1 Å². The molecule has 1 aliphatic rings. The van der Waals surface area contributed by atoms with Crippen LogP contribution in [0.2, 0.25) is 0 Å². The quantitative estimate of drug-likeness (QED) is 0.613. The van der Waals surface area contributed by atoms with E-state index in [0.717, 1.165) is 24.4 Å².